The third-order valence-corrected chi connectivity index (χ3v) is 2.95. The first-order chi connectivity index (χ1) is 10.0. The molecule has 1 N–H and O–H groups in total. The van der Waals surface area contributed by atoms with Crippen LogP contribution in [-0.2, 0) is 19.3 Å². The standard InChI is InChI=1S/C15H16F3NO2/c1-2-19-9-11-7-8-20-14(11)10-21-13-6-4-3-5-12(13)15(16,17)18/h3-8,19H,2,9-10H2,1H3. The second-order valence-electron chi connectivity index (χ2n) is 4.43. The van der Waals surface area contributed by atoms with Gasteiger partial charge in [-0.15, -0.1) is 0 Å². The smallest absolute Gasteiger partial charge is 0.419 e. The Labute approximate surface area is 120 Å². The quantitative estimate of drug-likeness (QED) is 0.876. The van der Waals surface area contributed by atoms with Crippen LogP contribution in [0.15, 0.2) is 41.0 Å². The van der Waals surface area contributed by atoms with Gasteiger partial charge >= 0.3 is 6.18 Å². The number of hydrogen-bond acceptors (Lipinski definition) is 3. The van der Waals surface area contributed by atoms with Gasteiger partial charge in [0.25, 0.3) is 0 Å². The van der Waals surface area contributed by atoms with E-state index in [-0.39, 0.29) is 12.4 Å². The Morgan fingerprint density at radius 3 is 2.67 bits per heavy atom. The van der Waals surface area contributed by atoms with Crippen molar-refractivity contribution in [1.82, 2.24) is 5.32 Å². The molecule has 0 unspecified atom stereocenters. The summed E-state index contributed by atoms with van der Waals surface area (Å²) in [7, 11) is 0. The van der Waals surface area contributed by atoms with E-state index in [1.165, 1.54) is 24.5 Å². The summed E-state index contributed by atoms with van der Waals surface area (Å²) < 4.78 is 49.1. The fourth-order valence-electron chi connectivity index (χ4n) is 1.88. The van der Waals surface area contributed by atoms with Gasteiger partial charge in [0.1, 0.15) is 18.1 Å². The maximum absolute atomic E-state index is 12.8. The third kappa shape index (κ3) is 4.01. The highest BCUT2D eigenvalue weighted by Gasteiger charge is 2.34. The van der Waals surface area contributed by atoms with Gasteiger partial charge in [-0.3, -0.25) is 0 Å². The van der Waals surface area contributed by atoms with Crippen LogP contribution >= 0.6 is 0 Å². The average Bonchev–Trinajstić information content (AvgIpc) is 2.89. The van der Waals surface area contributed by atoms with Crippen molar-refractivity contribution >= 4 is 0 Å². The summed E-state index contributed by atoms with van der Waals surface area (Å²) in [6, 6.07) is 6.91. The number of ether oxygens (including phenoxy) is 1. The molecule has 0 radical (unpaired) electrons. The highest BCUT2D eigenvalue weighted by molar-refractivity contribution is 5.35. The first-order valence-electron chi connectivity index (χ1n) is 6.57. The molecule has 0 saturated carbocycles. The Hall–Kier alpha value is -1.95. The first-order valence-corrected chi connectivity index (χ1v) is 6.57. The molecule has 0 fully saturated rings. The lowest BCUT2D eigenvalue weighted by atomic mass is 10.2. The van der Waals surface area contributed by atoms with E-state index in [1.807, 2.05) is 6.92 Å². The molecule has 21 heavy (non-hydrogen) atoms. The molecule has 1 heterocycles. The Balaban J connectivity index is 2.09. The topological polar surface area (TPSA) is 34.4 Å². The minimum atomic E-state index is -4.44. The molecular weight excluding hydrogens is 283 g/mol. The third-order valence-electron chi connectivity index (χ3n) is 2.95. The van der Waals surface area contributed by atoms with Gasteiger partial charge in [0, 0.05) is 12.1 Å². The van der Waals surface area contributed by atoms with E-state index in [0.29, 0.717) is 12.3 Å². The van der Waals surface area contributed by atoms with Gasteiger partial charge in [0.2, 0.25) is 0 Å². The molecule has 2 aromatic rings. The van der Waals surface area contributed by atoms with E-state index < -0.39 is 11.7 Å². The van der Waals surface area contributed by atoms with Crippen molar-refractivity contribution < 1.29 is 22.3 Å². The van der Waals surface area contributed by atoms with Crippen LogP contribution in [0.25, 0.3) is 0 Å². The summed E-state index contributed by atoms with van der Waals surface area (Å²) in [6.45, 7) is 3.31. The van der Waals surface area contributed by atoms with Crippen molar-refractivity contribution in [3.05, 3.63) is 53.5 Å². The molecule has 1 aromatic carbocycles. The van der Waals surface area contributed by atoms with Gasteiger partial charge in [-0.25, -0.2) is 0 Å². The zero-order chi connectivity index (χ0) is 15.3. The molecule has 0 spiro atoms. The highest BCUT2D eigenvalue weighted by Crippen LogP contribution is 2.36. The average molecular weight is 299 g/mol. The minimum Gasteiger partial charge on any atom is -0.485 e. The van der Waals surface area contributed by atoms with E-state index in [2.05, 4.69) is 5.32 Å². The molecular formula is C15H16F3NO2. The summed E-state index contributed by atoms with van der Waals surface area (Å²) in [6.07, 6.45) is -2.94. The van der Waals surface area contributed by atoms with Gasteiger partial charge in [-0.2, -0.15) is 13.2 Å². The van der Waals surface area contributed by atoms with Crippen LogP contribution in [0.1, 0.15) is 23.8 Å². The molecule has 6 heteroatoms. The van der Waals surface area contributed by atoms with Crippen molar-refractivity contribution in [3.63, 3.8) is 0 Å². The molecule has 1 aromatic heterocycles. The van der Waals surface area contributed by atoms with Gasteiger partial charge in [-0.1, -0.05) is 19.1 Å². The Bertz CT molecular complexity index is 578. The predicted molar refractivity (Wildman–Crippen MR) is 71.9 cm³/mol. The van der Waals surface area contributed by atoms with Gasteiger partial charge in [0.15, 0.2) is 0 Å². The van der Waals surface area contributed by atoms with Crippen LogP contribution in [0.4, 0.5) is 13.2 Å². The maximum atomic E-state index is 12.8. The molecule has 0 aliphatic carbocycles. The van der Waals surface area contributed by atoms with Crippen LogP contribution in [0, 0.1) is 0 Å². The van der Waals surface area contributed by atoms with Crippen molar-refractivity contribution in [3.8, 4) is 5.75 Å². The monoisotopic (exact) mass is 299 g/mol. The Morgan fingerprint density at radius 1 is 1.19 bits per heavy atom. The molecule has 3 nitrogen and oxygen atoms in total. The molecule has 2 rings (SSSR count). The predicted octanol–water partition coefficient (Wildman–Crippen LogP) is 3.99. The minimum absolute atomic E-state index is 0.0409. The van der Waals surface area contributed by atoms with Crippen LogP contribution in [0.2, 0.25) is 0 Å². The molecule has 0 amide bonds. The van der Waals surface area contributed by atoms with Gasteiger partial charge in [-0.05, 0) is 24.7 Å². The second-order valence-corrected chi connectivity index (χ2v) is 4.43. The number of halogens is 3. The van der Waals surface area contributed by atoms with Crippen LogP contribution < -0.4 is 10.1 Å². The fourth-order valence-corrected chi connectivity index (χ4v) is 1.88. The van der Waals surface area contributed by atoms with E-state index in [4.69, 9.17) is 9.15 Å². The molecule has 0 bridgehead atoms. The largest absolute Gasteiger partial charge is 0.485 e. The number of nitrogens with one attached hydrogen (secondary N) is 1. The number of furan rings is 1. The second kappa shape index (κ2) is 6.67. The molecule has 0 aliphatic rings. The SMILES string of the molecule is CCNCc1ccoc1COc1ccccc1C(F)(F)F. The van der Waals surface area contributed by atoms with E-state index in [1.54, 1.807) is 6.07 Å². The van der Waals surface area contributed by atoms with E-state index >= 15 is 0 Å². The summed E-state index contributed by atoms with van der Waals surface area (Å²) in [5.41, 5.74) is 0.0890. The summed E-state index contributed by atoms with van der Waals surface area (Å²) in [5.74, 6) is 0.323. The normalized spacial score (nSPS) is 11.6. The van der Waals surface area contributed by atoms with Crippen LogP contribution in [0.5, 0.6) is 5.75 Å². The van der Waals surface area contributed by atoms with Crippen molar-refractivity contribution in [2.24, 2.45) is 0 Å². The van der Waals surface area contributed by atoms with Crippen molar-refractivity contribution in [1.29, 1.82) is 0 Å². The number of benzene rings is 1. The Kier molecular flexibility index (Phi) is 4.90. The summed E-state index contributed by atoms with van der Waals surface area (Å²) in [5, 5.41) is 3.13. The molecule has 0 aliphatic heterocycles. The van der Waals surface area contributed by atoms with Crippen molar-refractivity contribution in [2.75, 3.05) is 6.54 Å². The first kappa shape index (κ1) is 15.4. The molecule has 0 atom stereocenters. The van der Waals surface area contributed by atoms with Crippen LogP contribution in [-0.4, -0.2) is 6.54 Å². The molecule has 114 valence electrons. The fraction of sp³-hybridized carbons (Fsp3) is 0.333. The zero-order valence-corrected chi connectivity index (χ0v) is 11.5. The number of alkyl halides is 3. The van der Waals surface area contributed by atoms with E-state index in [0.717, 1.165) is 18.2 Å². The lowest BCUT2D eigenvalue weighted by molar-refractivity contribution is -0.139. The summed E-state index contributed by atoms with van der Waals surface area (Å²) >= 11 is 0. The number of hydrogen-bond donors (Lipinski definition) is 1. The van der Waals surface area contributed by atoms with Gasteiger partial charge < -0.3 is 14.5 Å². The number of para-hydroxylation sites is 1. The Morgan fingerprint density at radius 2 is 1.95 bits per heavy atom. The van der Waals surface area contributed by atoms with E-state index in [9.17, 15) is 13.2 Å². The lowest BCUT2D eigenvalue weighted by Crippen LogP contribution is -2.13. The highest BCUT2D eigenvalue weighted by atomic mass is 19.4. The van der Waals surface area contributed by atoms with Gasteiger partial charge in [0.05, 0.1) is 11.8 Å². The zero-order valence-electron chi connectivity index (χ0n) is 11.5. The van der Waals surface area contributed by atoms with Crippen LogP contribution in [0.3, 0.4) is 0 Å². The summed E-state index contributed by atoms with van der Waals surface area (Å²) in [4.78, 5) is 0. The van der Waals surface area contributed by atoms with Crippen molar-refractivity contribution in [2.45, 2.75) is 26.3 Å². The number of rotatable bonds is 6. The maximum Gasteiger partial charge on any atom is 0.419 e. The molecule has 0 saturated heterocycles. The lowest BCUT2D eigenvalue weighted by Gasteiger charge is -2.13.